The number of nitrogens with zero attached hydrogens (tertiary/aromatic N) is 1. The number of hydrogen-bond donors (Lipinski definition) is 3. The van der Waals surface area contributed by atoms with Crippen LogP contribution in [0.2, 0.25) is 0 Å². The average molecular weight is 442 g/mol. The topological polar surface area (TPSA) is 73.2 Å². The van der Waals surface area contributed by atoms with E-state index in [4.69, 9.17) is 4.74 Å². The van der Waals surface area contributed by atoms with Gasteiger partial charge in [0.1, 0.15) is 23.0 Å². The van der Waals surface area contributed by atoms with Crippen LogP contribution in [0, 0.1) is 27.7 Å². The number of hydrogen-bond acceptors (Lipinski definition) is 5. The van der Waals surface area contributed by atoms with Gasteiger partial charge in [-0.3, -0.25) is 0 Å². The predicted octanol–water partition coefficient (Wildman–Crippen LogP) is 7.30. The fourth-order valence-electron chi connectivity index (χ4n) is 3.84. The molecule has 0 spiro atoms. The molecule has 4 aromatic rings. The maximum Gasteiger partial charge on any atom is 0.151 e. The first kappa shape index (κ1) is 22.1. The van der Waals surface area contributed by atoms with Gasteiger partial charge in [0.25, 0.3) is 0 Å². The summed E-state index contributed by atoms with van der Waals surface area (Å²) in [6.45, 7) is 7.46. The molecule has 0 bridgehead atoms. The first-order valence-corrected chi connectivity index (χ1v) is 10.7. The lowest BCUT2D eigenvalue weighted by Gasteiger charge is -2.30. The largest absolute Gasteiger partial charge is 0.508 e. The summed E-state index contributed by atoms with van der Waals surface area (Å²) in [5.41, 5.74) is 5.27. The summed E-state index contributed by atoms with van der Waals surface area (Å²) in [7, 11) is 0. The van der Waals surface area contributed by atoms with Gasteiger partial charge in [0, 0.05) is 11.1 Å². The SMILES string of the molecule is Cc1c(O)cccc1N(c1ccccc1Oc1ccc(O)c(C)c1C)c1cccc(O)c1C. The minimum Gasteiger partial charge on any atom is -0.508 e. The summed E-state index contributed by atoms with van der Waals surface area (Å²) in [4.78, 5) is 1.97. The maximum atomic E-state index is 10.4. The molecule has 0 saturated carbocycles. The number of aromatic hydroxyl groups is 3. The van der Waals surface area contributed by atoms with Crippen LogP contribution in [0.1, 0.15) is 22.3 Å². The van der Waals surface area contributed by atoms with E-state index in [1.165, 1.54) is 0 Å². The third-order valence-electron chi connectivity index (χ3n) is 6.07. The Balaban J connectivity index is 1.94. The number of phenolic OH excluding ortho intramolecular Hbond substituents is 3. The van der Waals surface area contributed by atoms with E-state index in [0.29, 0.717) is 22.6 Å². The summed E-state index contributed by atoms with van der Waals surface area (Å²) in [5, 5.41) is 30.9. The van der Waals surface area contributed by atoms with Crippen molar-refractivity contribution in [2.24, 2.45) is 0 Å². The molecule has 3 N–H and O–H groups in total. The van der Waals surface area contributed by atoms with Gasteiger partial charge < -0.3 is 25.0 Å². The zero-order chi connectivity index (χ0) is 23.7. The summed E-state index contributed by atoms with van der Waals surface area (Å²) < 4.78 is 6.36. The van der Waals surface area contributed by atoms with E-state index in [9.17, 15) is 15.3 Å². The zero-order valence-corrected chi connectivity index (χ0v) is 19.1. The molecular weight excluding hydrogens is 414 g/mol. The molecule has 0 unspecified atom stereocenters. The summed E-state index contributed by atoms with van der Waals surface area (Å²) in [6, 6.07) is 21.7. The lowest BCUT2D eigenvalue weighted by molar-refractivity contribution is 0.458. The Bertz CT molecular complexity index is 1280. The van der Waals surface area contributed by atoms with Gasteiger partial charge in [0.2, 0.25) is 0 Å². The van der Waals surface area contributed by atoms with E-state index >= 15 is 0 Å². The number of anilines is 3. The highest BCUT2D eigenvalue weighted by Crippen LogP contribution is 2.46. The molecule has 4 rings (SSSR count). The normalized spacial score (nSPS) is 10.8. The lowest BCUT2D eigenvalue weighted by atomic mass is 10.1. The minimum atomic E-state index is 0.179. The molecule has 5 heteroatoms. The first-order valence-electron chi connectivity index (χ1n) is 10.7. The van der Waals surface area contributed by atoms with Crippen molar-refractivity contribution in [3.63, 3.8) is 0 Å². The van der Waals surface area contributed by atoms with Crippen molar-refractivity contribution in [3.8, 4) is 28.7 Å². The van der Waals surface area contributed by atoms with Gasteiger partial charge >= 0.3 is 0 Å². The fourth-order valence-corrected chi connectivity index (χ4v) is 3.84. The Morgan fingerprint density at radius 2 is 1.00 bits per heavy atom. The van der Waals surface area contributed by atoms with Crippen molar-refractivity contribution in [2.45, 2.75) is 27.7 Å². The van der Waals surface area contributed by atoms with Crippen molar-refractivity contribution in [1.82, 2.24) is 0 Å². The summed E-state index contributed by atoms with van der Waals surface area (Å²) >= 11 is 0. The van der Waals surface area contributed by atoms with Crippen LogP contribution in [-0.4, -0.2) is 15.3 Å². The smallest absolute Gasteiger partial charge is 0.151 e. The number of phenols is 3. The van der Waals surface area contributed by atoms with Gasteiger partial charge in [-0.1, -0.05) is 24.3 Å². The average Bonchev–Trinajstić information content (AvgIpc) is 2.81. The number of para-hydroxylation sites is 2. The molecule has 0 radical (unpaired) electrons. The van der Waals surface area contributed by atoms with Crippen molar-refractivity contribution in [1.29, 1.82) is 0 Å². The quantitative estimate of drug-likeness (QED) is 0.303. The number of rotatable bonds is 5. The molecule has 168 valence electrons. The molecular formula is C28H27NO4. The predicted molar refractivity (Wildman–Crippen MR) is 132 cm³/mol. The van der Waals surface area contributed by atoms with Gasteiger partial charge in [0.15, 0.2) is 5.75 Å². The van der Waals surface area contributed by atoms with E-state index in [-0.39, 0.29) is 17.2 Å². The molecule has 0 aliphatic carbocycles. The van der Waals surface area contributed by atoms with E-state index in [2.05, 4.69) is 0 Å². The molecule has 4 aromatic carbocycles. The van der Waals surface area contributed by atoms with E-state index in [0.717, 1.165) is 28.2 Å². The Hall–Kier alpha value is -4.12. The van der Waals surface area contributed by atoms with E-state index < -0.39 is 0 Å². The van der Waals surface area contributed by atoms with Crippen LogP contribution >= 0.6 is 0 Å². The van der Waals surface area contributed by atoms with Crippen LogP contribution < -0.4 is 9.64 Å². The number of benzene rings is 4. The third-order valence-corrected chi connectivity index (χ3v) is 6.07. The standard InChI is InChI=1S/C28H27NO4/c1-17-18(2)27(16-15-26(17)32)33-28-14-6-5-9-23(28)29(21-10-7-12-24(30)19(21)3)22-11-8-13-25(31)20(22)4/h5-16,30-32H,1-4H3. The van der Waals surface area contributed by atoms with Crippen molar-refractivity contribution >= 4 is 17.1 Å². The Morgan fingerprint density at radius 1 is 0.485 bits per heavy atom. The second-order valence-electron chi connectivity index (χ2n) is 8.08. The summed E-state index contributed by atoms with van der Waals surface area (Å²) in [5.74, 6) is 1.81. The summed E-state index contributed by atoms with van der Waals surface area (Å²) in [6.07, 6.45) is 0. The van der Waals surface area contributed by atoms with E-state index in [1.807, 2.05) is 69.0 Å². The van der Waals surface area contributed by atoms with Crippen LogP contribution in [0.5, 0.6) is 28.7 Å². The Labute approximate surface area is 193 Å². The monoisotopic (exact) mass is 441 g/mol. The van der Waals surface area contributed by atoms with Crippen LogP contribution in [-0.2, 0) is 0 Å². The highest BCUT2D eigenvalue weighted by Gasteiger charge is 2.22. The molecule has 5 nitrogen and oxygen atoms in total. The fraction of sp³-hybridized carbons (Fsp3) is 0.143. The molecule has 0 aliphatic heterocycles. The lowest BCUT2D eigenvalue weighted by Crippen LogP contribution is -2.13. The minimum absolute atomic E-state index is 0.179. The van der Waals surface area contributed by atoms with Gasteiger partial charge in [0.05, 0.1) is 17.1 Å². The maximum absolute atomic E-state index is 10.4. The van der Waals surface area contributed by atoms with Crippen LogP contribution in [0.25, 0.3) is 0 Å². The van der Waals surface area contributed by atoms with Crippen molar-refractivity contribution in [2.75, 3.05) is 4.90 Å². The van der Waals surface area contributed by atoms with Crippen molar-refractivity contribution in [3.05, 3.63) is 95.1 Å². The number of ether oxygens (including phenoxy) is 1. The molecule has 33 heavy (non-hydrogen) atoms. The van der Waals surface area contributed by atoms with Crippen LogP contribution in [0.15, 0.2) is 72.8 Å². The Morgan fingerprint density at radius 3 is 1.61 bits per heavy atom. The van der Waals surface area contributed by atoms with Crippen molar-refractivity contribution < 1.29 is 20.1 Å². The van der Waals surface area contributed by atoms with Gasteiger partial charge in [-0.05, 0) is 87.4 Å². The molecule has 0 heterocycles. The highest BCUT2D eigenvalue weighted by molar-refractivity contribution is 5.84. The molecule has 0 saturated heterocycles. The van der Waals surface area contributed by atoms with E-state index in [1.54, 1.807) is 36.4 Å². The second-order valence-corrected chi connectivity index (χ2v) is 8.08. The van der Waals surface area contributed by atoms with Crippen LogP contribution in [0.3, 0.4) is 0 Å². The van der Waals surface area contributed by atoms with Gasteiger partial charge in [-0.15, -0.1) is 0 Å². The molecule has 0 fully saturated rings. The Kier molecular flexibility index (Phi) is 5.88. The zero-order valence-electron chi connectivity index (χ0n) is 19.1. The molecule has 0 atom stereocenters. The third kappa shape index (κ3) is 4.05. The second kappa shape index (κ2) is 8.79. The molecule has 0 amide bonds. The highest BCUT2D eigenvalue weighted by atomic mass is 16.5. The van der Waals surface area contributed by atoms with Gasteiger partial charge in [-0.2, -0.15) is 0 Å². The first-order chi connectivity index (χ1) is 15.8. The van der Waals surface area contributed by atoms with Crippen LogP contribution in [0.4, 0.5) is 17.1 Å². The molecule has 0 aromatic heterocycles. The molecule has 0 aliphatic rings. The van der Waals surface area contributed by atoms with Gasteiger partial charge in [-0.25, -0.2) is 0 Å².